The number of phenolic OH excluding ortho intramolecular Hbond substituents is 1. The third-order valence-electron chi connectivity index (χ3n) is 5.40. The Kier molecular flexibility index (Phi) is 5.06. The highest BCUT2D eigenvalue weighted by molar-refractivity contribution is 6.06. The van der Waals surface area contributed by atoms with Crippen molar-refractivity contribution in [1.82, 2.24) is 14.8 Å². The van der Waals surface area contributed by atoms with E-state index in [0.717, 1.165) is 5.56 Å². The highest BCUT2D eigenvalue weighted by Gasteiger charge is 2.35. The molecule has 3 N–H and O–H groups in total. The Hall–Kier alpha value is -4.53. The number of carbonyl (C=O) groups excluding carboxylic acids is 1. The lowest BCUT2D eigenvalue weighted by Gasteiger charge is -2.28. The Balaban J connectivity index is 1.60. The van der Waals surface area contributed by atoms with E-state index in [2.05, 4.69) is 20.7 Å². The first-order chi connectivity index (χ1) is 16.0. The number of carbonyl (C=O) groups is 1. The number of phenols is 1. The maximum Gasteiger partial charge on any atom is 0.255 e. The molecular weight excluding hydrogens is 422 g/mol. The van der Waals surface area contributed by atoms with Gasteiger partial charge in [-0.3, -0.25) is 4.79 Å². The van der Waals surface area contributed by atoms with E-state index >= 15 is 0 Å². The minimum absolute atomic E-state index is 0.128. The van der Waals surface area contributed by atoms with Crippen molar-refractivity contribution in [2.75, 3.05) is 17.7 Å². The molecule has 0 spiro atoms. The number of ether oxygens (including phenoxy) is 1. The van der Waals surface area contributed by atoms with E-state index in [9.17, 15) is 9.90 Å². The number of methoxy groups -OCH3 is 1. The summed E-state index contributed by atoms with van der Waals surface area (Å²) in [6.07, 6.45) is 1.55. The molecule has 0 radical (unpaired) electrons. The predicted molar refractivity (Wildman–Crippen MR) is 122 cm³/mol. The first-order valence-corrected chi connectivity index (χ1v) is 10.3. The fourth-order valence-electron chi connectivity index (χ4n) is 3.86. The lowest BCUT2D eigenvalue weighted by molar-refractivity contribution is -0.113. The summed E-state index contributed by atoms with van der Waals surface area (Å²) in [6, 6.07) is 16.8. The number of nitrogens with one attached hydrogen (secondary N) is 2. The zero-order chi connectivity index (χ0) is 22.9. The maximum atomic E-state index is 13.5. The smallest absolute Gasteiger partial charge is 0.255 e. The lowest BCUT2D eigenvalue weighted by Crippen LogP contribution is -2.31. The predicted octanol–water partition coefficient (Wildman–Crippen LogP) is 4.18. The van der Waals surface area contributed by atoms with Gasteiger partial charge in [-0.15, -0.1) is 5.10 Å². The zero-order valence-electron chi connectivity index (χ0n) is 17.9. The summed E-state index contributed by atoms with van der Waals surface area (Å²) in [5.74, 6) is 1.75. The van der Waals surface area contributed by atoms with Crippen molar-refractivity contribution in [1.29, 1.82) is 0 Å². The van der Waals surface area contributed by atoms with Crippen molar-refractivity contribution in [2.45, 2.75) is 13.0 Å². The van der Waals surface area contributed by atoms with E-state index in [1.807, 2.05) is 19.1 Å². The van der Waals surface area contributed by atoms with E-state index in [1.165, 1.54) is 0 Å². The van der Waals surface area contributed by atoms with Crippen molar-refractivity contribution in [3.8, 4) is 23.1 Å². The normalized spacial score (nSPS) is 15.0. The Morgan fingerprint density at radius 1 is 1.15 bits per heavy atom. The first-order valence-electron chi connectivity index (χ1n) is 10.3. The second kappa shape index (κ2) is 8.19. The zero-order valence-corrected chi connectivity index (χ0v) is 17.9. The van der Waals surface area contributed by atoms with Crippen LogP contribution in [0.1, 0.15) is 18.5 Å². The van der Waals surface area contributed by atoms with Gasteiger partial charge >= 0.3 is 0 Å². The number of benzene rings is 2. The van der Waals surface area contributed by atoms with Gasteiger partial charge in [0.1, 0.15) is 17.5 Å². The van der Waals surface area contributed by atoms with Crippen LogP contribution in [0.25, 0.3) is 11.6 Å². The van der Waals surface area contributed by atoms with Crippen molar-refractivity contribution in [3.05, 3.63) is 83.8 Å². The van der Waals surface area contributed by atoms with Crippen LogP contribution < -0.4 is 15.4 Å². The SMILES string of the molecule is COc1ccccc1NC(=O)C1=C(C)Nc2nc(-c3ccco3)nn2[C@@H]1c1ccc(O)cc1. The van der Waals surface area contributed by atoms with Crippen molar-refractivity contribution in [2.24, 2.45) is 0 Å². The van der Waals surface area contributed by atoms with Crippen LogP contribution in [0.15, 0.2) is 82.6 Å². The molecule has 33 heavy (non-hydrogen) atoms. The van der Waals surface area contributed by atoms with Crippen LogP contribution in [-0.4, -0.2) is 32.9 Å². The van der Waals surface area contributed by atoms with E-state index in [1.54, 1.807) is 66.6 Å². The quantitative estimate of drug-likeness (QED) is 0.424. The molecule has 3 heterocycles. The summed E-state index contributed by atoms with van der Waals surface area (Å²) >= 11 is 0. The van der Waals surface area contributed by atoms with Gasteiger partial charge in [0, 0.05) is 5.70 Å². The molecule has 9 heteroatoms. The van der Waals surface area contributed by atoms with Gasteiger partial charge in [-0.1, -0.05) is 24.3 Å². The second-order valence-electron chi connectivity index (χ2n) is 7.49. The summed E-state index contributed by atoms with van der Waals surface area (Å²) in [4.78, 5) is 18.1. The van der Waals surface area contributed by atoms with Gasteiger partial charge in [0.15, 0.2) is 5.76 Å². The highest BCUT2D eigenvalue weighted by Crippen LogP contribution is 2.37. The third kappa shape index (κ3) is 3.69. The Labute approximate surface area is 189 Å². The molecule has 4 aromatic rings. The van der Waals surface area contributed by atoms with E-state index in [-0.39, 0.29) is 11.7 Å². The highest BCUT2D eigenvalue weighted by atomic mass is 16.5. The van der Waals surface area contributed by atoms with Crippen LogP contribution in [0.2, 0.25) is 0 Å². The Bertz CT molecular complexity index is 1340. The van der Waals surface area contributed by atoms with E-state index in [4.69, 9.17) is 9.15 Å². The standard InChI is InChI=1S/C24H21N5O4/c1-14-20(23(31)26-17-6-3-4-7-18(17)32-2)21(15-9-11-16(30)12-10-15)29-24(25-14)27-22(28-29)19-8-5-13-33-19/h3-13,21,30H,1-2H3,(H,26,31)(H,25,27,28)/t21-/m1/s1. The molecule has 1 atom stereocenters. The third-order valence-corrected chi connectivity index (χ3v) is 5.40. The van der Waals surface area contributed by atoms with Crippen molar-refractivity contribution < 1.29 is 19.1 Å². The monoisotopic (exact) mass is 443 g/mol. The molecule has 1 amide bonds. The number of furan rings is 1. The molecule has 2 aromatic carbocycles. The number of hydrogen-bond acceptors (Lipinski definition) is 7. The van der Waals surface area contributed by atoms with Crippen LogP contribution in [0.5, 0.6) is 11.5 Å². The summed E-state index contributed by atoms with van der Waals surface area (Å²) < 4.78 is 12.5. The number of hydrogen-bond donors (Lipinski definition) is 3. The van der Waals surface area contributed by atoms with E-state index in [0.29, 0.717) is 40.2 Å². The molecule has 1 aliphatic heterocycles. The minimum Gasteiger partial charge on any atom is -0.508 e. The van der Waals surface area contributed by atoms with Crippen LogP contribution in [0.4, 0.5) is 11.6 Å². The largest absolute Gasteiger partial charge is 0.508 e. The van der Waals surface area contributed by atoms with Gasteiger partial charge < -0.3 is 24.9 Å². The number of amides is 1. The van der Waals surface area contributed by atoms with Crippen LogP contribution in [0.3, 0.4) is 0 Å². The topological polar surface area (TPSA) is 114 Å². The number of allylic oxidation sites excluding steroid dienone is 1. The average Bonchev–Trinajstić information content (AvgIpc) is 3.49. The molecule has 0 bridgehead atoms. The molecule has 1 aliphatic rings. The fraction of sp³-hybridized carbons (Fsp3) is 0.125. The molecular formula is C24H21N5O4. The molecule has 2 aromatic heterocycles. The van der Waals surface area contributed by atoms with Gasteiger partial charge in [0.2, 0.25) is 11.8 Å². The molecule has 0 saturated carbocycles. The number of nitrogens with zero attached hydrogens (tertiary/aromatic N) is 3. The Morgan fingerprint density at radius 2 is 1.94 bits per heavy atom. The number of fused-ring (bicyclic) bond motifs is 1. The summed E-state index contributed by atoms with van der Waals surface area (Å²) in [7, 11) is 1.55. The summed E-state index contributed by atoms with van der Waals surface area (Å²) in [6.45, 7) is 1.81. The molecule has 166 valence electrons. The van der Waals surface area contributed by atoms with Crippen molar-refractivity contribution in [3.63, 3.8) is 0 Å². The number of rotatable bonds is 5. The minimum atomic E-state index is -0.590. The van der Waals surface area contributed by atoms with Crippen molar-refractivity contribution >= 4 is 17.5 Å². The van der Waals surface area contributed by atoms with Crippen LogP contribution >= 0.6 is 0 Å². The summed E-state index contributed by atoms with van der Waals surface area (Å²) in [5.41, 5.74) is 2.40. The number of aromatic hydroxyl groups is 1. The second-order valence-corrected chi connectivity index (χ2v) is 7.49. The molecule has 0 saturated heterocycles. The molecule has 0 unspecified atom stereocenters. The molecule has 5 rings (SSSR count). The average molecular weight is 443 g/mol. The molecule has 0 aliphatic carbocycles. The van der Waals surface area contributed by atoms with Gasteiger partial charge in [-0.25, -0.2) is 4.68 Å². The number of aromatic nitrogens is 3. The summed E-state index contributed by atoms with van der Waals surface area (Å²) in [5, 5.41) is 20.6. The number of para-hydroxylation sites is 2. The Morgan fingerprint density at radius 3 is 2.67 bits per heavy atom. The van der Waals surface area contributed by atoms with Gasteiger partial charge in [0.05, 0.1) is 24.6 Å². The first kappa shape index (κ1) is 20.4. The lowest BCUT2D eigenvalue weighted by atomic mass is 9.95. The van der Waals surface area contributed by atoms with Gasteiger partial charge in [0.25, 0.3) is 5.91 Å². The fourth-order valence-corrected chi connectivity index (χ4v) is 3.86. The maximum absolute atomic E-state index is 13.5. The van der Waals surface area contributed by atoms with E-state index < -0.39 is 6.04 Å². The van der Waals surface area contributed by atoms with Crippen LogP contribution in [0, 0.1) is 0 Å². The van der Waals surface area contributed by atoms with Gasteiger partial charge in [-0.05, 0) is 48.9 Å². The number of anilines is 2. The molecule has 9 nitrogen and oxygen atoms in total. The van der Waals surface area contributed by atoms with Gasteiger partial charge in [-0.2, -0.15) is 4.98 Å². The van der Waals surface area contributed by atoms with Crippen LogP contribution in [-0.2, 0) is 4.79 Å². The molecule has 0 fully saturated rings.